The number of carbonyl (C=O) groups excluding carboxylic acids is 2. The minimum Gasteiger partial charge on any atom is -0.484 e. The van der Waals surface area contributed by atoms with Crippen molar-refractivity contribution in [2.24, 2.45) is 0 Å². The van der Waals surface area contributed by atoms with E-state index in [1.165, 1.54) is 12.1 Å². The zero-order chi connectivity index (χ0) is 21.3. The molecule has 0 unspecified atom stereocenters. The van der Waals surface area contributed by atoms with Gasteiger partial charge in [-0.3, -0.25) is 9.59 Å². The number of amides is 1. The smallest absolute Gasteiger partial charge is 0.387 e. The summed E-state index contributed by atoms with van der Waals surface area (Å²) in [6.07, 6.45) is 0. The molecule has 0 radical (unpaired) electrons. The number of carbonyl (C=O) groups is 2. The van der Waals surface area contributed by atoms with Crippen molar-refractivity contribution in [1.82, 2.24) is 5.32 Å². The second-order valence-corrected chi connectivity index (χ2v) is 6.31. The molecule has 0 atom stereocenters. The van der Waals surface area contributed by atoms with Crippen LogP contribution in [0.2, 0.25) is 0 Å². The maximum atomic E-state index is 12.4. The van der Waals surface area contributed by atoms with Crippen LogP contribution >= 0.6 is 0 Å². The molecule has 30 heavy (non-hydrogen) atoms. The lowest BCUT2D eigenvalue weighted by Gasteiger charge is -2.09. The van der Waals surface area contributed by atoms with Crippen molar-refractivity contribution in [3.8, 4) is 11.5 Å². The second-order valence-electron chi connectivity index (χ2n) is 6.31. The summed E-state index contributed by atoms with van der Waals surface area (Å²) in [7, 11) is 0. The van der Waals surface area contributed by atoms with Crippen LogP contribution in [0.25, 0.3) is 0 Å². The van der Waals surface area contributed by atoms with Gasteiger partial charge in [0, 0.05) is 17.7 Å². The van der Waals surface area contributed by atoms with Gasteiger partial charge in [-0.2, -0.15) is 8.78 Å². The fourth-order valence-corrected chi connectivity index (χ4v) is 2.65. The van der Waals surface area contributed by atoms with Crippen LogP contribution in [-0.4, -0.2) is 24.9 Å². The molecule has 0 spiro atoms. The first-order chi connectivity index (χ1) is 14.5. The van der Waals surface area contributed by atoms with Gasteiger partial charge in [0.05, 0.1) is 0 Å². The van der Waals surface area contributed by atoms with E-state index >= 15 is 0 Å². The summed E-state index contributed by atoms with van der Waals surface area (Å²) in [4.78, 5) is 24.3. The molecule has 7 heteroatoms. The van der Waals surface area contributed by atoms with Crippen molar-refractivity contribution in [2.45, 2.75) is 13.2 Å². The predicted octanol–water partition coefficient (Wildman–Crippen LogP) is 4.21. The van der Waals surface area contributed by atoms with Crippen molar-refractivity contribution in [3.63, 3.8) is 0 Å². The SMILES string of the molecule is O=C(COc1ccc(C(=O)c2ccccc2)cc1)NCc1ccc(OC(F)F)cc1. The van der Waals surface area contributed by atoms with E-state index in [-0.39, 0.29) is 30.6 Å². The van der Waals surface area contributed by atoms with Gasteiger partial charge in [0.15, 0.2) is 12.4 Å². The van der Waals surface area contributed by atoms with Crippen LogP contribution in [-0.2, 0) is 11.3 Å². The molecule has 154 valence electrons. The van der Waals surface area contributed by atoms with Crippen LogP contribution < -0.4 is 14.8 Å². The molecule has 0 aromatic heterocycles. The van der Waals surface area contributed by atoms with Gasteiger partial charge >= 0.3 is 6.61 Å². The van der Waals surface area contributed by atoms with Gasteiger partial charge in [0.2, 0.25) is 0 Å². The number of ketones is 1. The number of halogens is 2. The van der Waals surface area contributed by atoms with Crippen molar-refractivity contribution >= 4 is 11.7 Å². The molecule has 0 saturated carbocycles. The molecular formula is C23H19F2NO4. The summed E-state index contributed by atoms with van der Waals surface area (Å²) >= 11 is 0. The number of benzene rings is 3. The Morgan fingerprint density at radius 2 is 1.40 bits per heavy atom. The zero-order valence-electron chi connectivity index (χ0n) is 15.9. The summed E-state index contributed by atoms with van der Waals surface area (Å²) in [6.45, 7) is -2.85. The van der Waals surface area contributed by atoms with Gasteiger partial charge in [-0.05, 0) is 42.0 Å². The average molecular weight is 411 g/mol. The molecule has 0 aliphatic heterocycles. The molecule has 0 bridgehead atoms. The summed E-state index contributed by atoms with van der Waals surface area (Å²) in [5.74, 6) is 0.0815. The van der Waals surface area contributed by atoms with Crippen LogP contribution in [0.5, 0.6) is 11.5 Å². The Kier molecular flexibility index (Phi) is 7.10. The van der Waals surface area contributed by atoms with Crippen molar-refractivity contribution in [2.75, 3.05) is 6.61 Å². The molecule has 3 aromatic rings. The Labute approximate surface area is 172 Å². The second kappa shape index (κ2) is 10.2. The average Bonchev–Trinajstić information content (AvgIpc) is 2.77. The highest BCUT2D eigenvalue weighted by Gasteiger charge is 2.09. The first-order valence-corrected chi connectivity index (χ1v) is 9.14. The minimum atomic E-state index is -2.88. The fourth-order valence-electron chi connectivity index (χ4n) is 2.65. The normalized spacial score (nSPS) is 10.5. The van der Waals surface area contributed by atoms with Gasteiger partial charge < -0.3 is 14.8 Å². The van der Waals surface area contributed by atoms with E-state index in [9.17, 15) is 18.4 Å². The van der Waals surface area contributed by atoms with Gasteiger partial charge in [-0.15, -0.1) is 0 Å². The fraction of sp³-hybridized carbons (Fsp3) is 0.130. The molecule has 1 amide bonds. The van der Waals surface area contributed by atoms with E-state index in [0.717, 1.165) is 5.56 Å². The molecule has 0 aliphatic rings. The van der Waals surface area contributed by atoms with Crippen molar-refractivity contribution in [1.29, 1.82) is 0 Å². The highest BCUT2D eigenvalue weighted by Crippen LogP contribution is 2.16. The summed E-state index contributed by atoms with van der Waals surface area (Å²) in [5, 5.41) is 2.67. The number of nitrogens with one attached hydrogen (secondary N) is 1. The quantitative estimate of drug-likeness (QED) is 0.536. The monoisotopic (exact) mass is 411 g/mol. The molecule has 5 nitrogen and oxygen atoms in total. The Bertz CT molecular complexity index is 974. The molecular weight excluding hydrogens is 392 g/mol. The third kappa shape index (κ3) is 6.13. The third-order valence-corrected chi connectivity index (χ3v) is 4.16. The van der Waals surface area contributed by atoms with Gasteiger partial charge in [-0.25, -0.2) is 0 Å². The Morgan fingerprint density at radius 1 is 0.800 bits per heavy atom. The maximum Gasteiger partial charge on any atom is 0.387 e. The van der Waals surface area contributed by atoms with Crippen molar-refractivity contribution in [3.05, 3.63) is 95.6 Å². The lowest BCUT2D eigenvalue weighted by molar-refractivity contribution is -0.123. The molecule has 3 aromatic carbocycles. The third-order valence-electron chi connectivity index (χ3n) is 4.16. The Balaban J connectivity index is 1.45. The van der Waals surface area contributed by atoms with Crippen LogP contribution in [0.15, 0.2) is 78.9 Å². The number of hydrogen-bond donors (Lipinski definition) is 1. The first-order valence-electron chi connectivity index (χ1n) is 9.14. The molecule has 0 fully saturated rings. The Hall–Kier alpha value is -3.74. The molecule has 1 N–H and O–H groups in total. The lowest BCUT2D eigenvalue weighted by atomic mass is 10.0. The number of alkyl halides is 2. The highest BCUT2D eigenvalue weighted by molar-refractivity contribution is 6.08. The zero-order valence-corrected chi connectivity index (χ0v) is 15.9. The molecule has 0 saturated heterocycles. The number of ether oxygens (including phenoxy) is 2. The largest absolute Gasteiger partial charge is 0.484 e. The summed E-state index contributed by atoms with van der Waals surface area (Å²) in [6, 6.07) is 21.5. The van der Waals surface area contributed by atoms with Gasteiger partial charge in [-0.1, -0.05) is 42.5 Å². The lowest BCUT2D eigenvalue weighted by Crippen LogP contribution is -2.28. The molecule has 0 aliphatic carbocycles. The van der Waals surface area contributed by atoms with Crippen LogP contribution in [0.4, 0.5) is 8.78 Å². The standard InChI is InChI=1S/C23H19F2NO4/c24-23(25)30-20-10-6-16(7-11-20)14-26-21(27)15-29-19-12-8-18(9-13-19)22(28)17-4-2-1-3-5-17/h1-13,23H,14-15H2,(H,26,27). The first kappa shape index (κ1) is 21.0. The van der Waals surface area contributed by atoms with E-state index in [1.807, 2.05) is 6.07 Å². The molecule has 0 heterocycles. The maximum absolute atomic E-state index is 12.4. The van der Waals surface area contributed by atoms with Crippen LogP contribution in [0.1, 0.15) is 21.5 Å². The minimum absolute atomic E-state index is 0.0533. The van der Waals surface area contributed by atoms with E-state index < -0.39 is 6.61 Å². The number of rotatable bonds is 9. The predicted molar refractivity (Wildman–Crippen MR) is 107 cm³/mol. The van der Waals surface area contributed by atoms with E-state index in [4.69, 9.17) is 4.74 Å². The highest BCUT2D eigenvalue weighted by atomic mass is 19.3. The van der Waals surface area contributed by atoms with E-state index in [2.05, 4.69) is 10.1 Å². The van der Waals surface area contributed by atoms with Crippen LogP contribution in [0, 0.1) is 0 Å². The van der Waals surface area contributed by atoms with E-state index in [0.29, 0.717) is 16.9 Å². The summed E-state index contributed by atoms with van der Waals surface area (Å²) < 4.78 is 34.0. The molecule has 3 rings (SSSR count). The van der Waals surface area contributed by atoms with Gasteiger partial charge in [0.1, 0.15) is 11.5 Å². The topological polar surface area (TPSA) is 64.6 Å². The number of hydrogen-bond acceptors (Lipinski definition) is 4. The summed E-state index contributed by atoms with van der Waals surface area (Å²) in [5.41, 5.74) is 1.85. The van der Waals surface area contributed by atoms with Crippen LogP contribution in [0.3, 0.4) is 0 Å². The van der Waals surface area contributed by atoms with E-state index in [1.54, 1.807) is 60.7 Å². The Morgan fingerprint density at radius 3 is 2.03 bits per heavy atom. The van der Waals surface area contributed by atoms with Gasteiger partial charge in [0.25, 0.3) is 5.91 Å². The van der Waals surface area contributed by atoms with Crippen molar-refractivity contribution < 1.29 is 27.8 Å².